The van der Waals surface area contributed by atoms with Crippen LogP contribution in [0.2, 0.25) is 0 Å². The molecule has 0 saturated heterocycles. The molecule has 0 atom stereocenters. The molecule has 0 rings (SSSR count). The van der Waals surface area contributed by atoms with Crippen LogP contribution in [0.1, 0.15) is 19.8 Å². The van der Waals surface area contributed by atoms with Crippen LogP contribution in [-0.2, 0) is 38.2 Å². The van der Waals surface area contributed by atoms with Crippen molar-refractivity contribution in [2.24, 2.45) is 0 Å². The predicted molar refractivity (Wildman–Crippen MR) is 119 cm³/mol. The summed E-state index contributed by atoms with van der Waals surface area (Å²) in [6, 6.07) is 0. The summed E-state index contributed by atoms with van der Waals surface area (Å²) in [5, 5.41) is 0. The van der Waals surface area contributed by atoms with Crippen molar-refractivity contribution < 1.29 is 38.2 Å². The second-order valence-electron chi connectivity index (χ2n) is 7.46. The monoisotopic (exact) mass is 474 g/mol. The van der Waals surface area contributed by atoms with Crippen LogP contribution in [0.5, 0.6) is 0 Å². The van der Waals surface area contributed by atoms with Gasteiger partial charge in [0.2, 0.25) is 12.3 Å². The first kappa shape index (κ1) is 30.3. The van der Waals surface area contributed by atoms with Crippen molar-refractivity contribution in [2.75, 3.05) is 87.3 Å². The summed E-state index contributed by atoms with van der Waals surface area (Å²) in [7, 11) is 5.48. The number of carbonyl (C=O) groups excluding carboxylic acids is 5. The standard InChI is InChI=1S/C21H38N4O8/c1-6-7-8-22(2)18(27)13-24(15-20(29)32-4)11-9-23(14-19(28)31-3)10-12-25(17-26)16-21(30)33-5/h17H,6-16H2,1-5H3. The third-order valence-corrected chi connectivity index (χ3v) is 4.94. The number of rotatable bonds is 18. The molecule has 0 fully saturated rings. The average Bonchev–Trinajstić information content (AvgIpc) is 2.81. The van der Waals surface area contributed by atoms with E-state index in [-0.39, 0.29) is 51.7 Å². The van der Waals surface area contributed by atoms with E-state index in [1.807, 2.05) is 6.92 Å². The Hall–Kier alpha value is -2.73. The van der Waals surface area contributed by atoms with Crippen molar-refractivity contribution in [3.05, 3.63) is 0 Å². The molecule has 0 unspecified atom stereocenters. The summed E-state index contributed by atoms with van der Waals surface area (Å²) in [6.07, 6.45) is 2.37. The normalized spacial score (nSPS) is 10.6. The minimum absolute atomic E-state index is 0.0180. The van der Waals surface area contributed by atoms with E-state index in [2.05, 4.69) is 4.74 Å². The van der Waals surface area contributed by atoms with Gasteiger partial charge in [-0.1, -0.05) is 13.3 Å². The van der Waals surface area contributed by atoms with Crippen LogP contribution in [0.25, 0.3) is 0 Å². The van der Waals surface area contributed by atoms with Crippen molar-refractivity contribution in [3.63, 3.8) is 0 Å². The zero-order valence-electron chi connectivity index (χ0n) is 20.4. The van der Waals surface area contributed by atoms with Crippen LogP contribution in [0.4, 0.5) is 0 Å². The van der Waals surface area contributed by atoms with Crippen LogP contribution in [0.15, 0.2) is 0 Å². The Morgan fingerprint density at radius 2 is 1.18 bits per heavy atom. The van der Waals surface area contributed by atoms with Gasteiger partial charge in [-0.15, -0.1) is 0 Å². The molecule has 0 heterocycles. The number of amides is 2. The Bertz CT molecular complexity index is 631. The fraction of sp³-hybridized carbons (Fsp3) is 0.762. The topological polar surface area (TPSA) is 126 Å². The molecule has 0 aliphatic rings. The number of carbonyl (C=O) groups is 5. The molecule has 0 aromatic carbocycles. The molecule has 33 heavy (non-hydrogen) atoms. The number of methoxy groups -OCH3 is 3. The first-order valence-corrected chi connectivity index (χ1v) is 10.8. The summed E-state index contributed by atoms with van der Waals surface area (Å²) < 4.78 is 14.0. The van der Waals surface area contributed by atoms with Crippen molar-refractivity contribution in [3.8, 4) is 0 Å². The van der Waals surface area contributed by atoms with Crippen LogP contribution in [0.3, 0.4) is 0 Å². The van der Waals surface area contributed by atoms with Gasteiger partial charge in [0.1, 0.15) is 6.54 Å². The summed E-state index contributed by atoms with van der Waals surface area (Å²) in [4.78, 5) is 65.1. The van der Waals surface area contributed by atoms with Crippen molar-refractivity contribution in [1.29, 1.82) is 0 Å². The third kappa shape index (κ3) is 14.1. The number of nitrogens with zero attached hydrogens (tertiary/aromatic N) is 4. The molecule has 0 N–H and O–H groups in total. The number of likely N-dealkylation sites (N-methyl/N-ethyl adjacent to an activating group) is 1. The van der Waals surface area contributed by atoms with Crippen molar-refractivity contribution in [2.45, 2.75) is 19.8 Å². The highest BCUT2D eigenvalue weighted by Gasteiger charge is 2.20. The summed E-state index contributed by atoms with van der Waals surface area (Å²) in [6.45, 7) is 3.36. The van der Waals surface area contributed by atoms with E-state index in [0.717, 1.165) is 12.8 Å². The summed E-state index contributed by atoms with van der Waals surface area (Å²) in [5.41, 5.74) is 0. The zero-order valence-corrected chi connectivity index (χ0v) is 20.4. The molecule has 12 nitrogen and oxygen atoms in total. The minimum atomic E-state index is -0.559. The van der Waals surface area contributed by atoms with E-state index in [9.17, 15) is 24.0 Å². The van der Waals surface area contributed by atoms with E-state index in [0.29, 0.717) is 19.5 Å². The molecule has 0 aliphatic carbocycles. The lowest BCUT2D eigenvalue weighted by Crippen LogP contribution is -2.46. The Morgan fingerprint density at radius 3 is 1.70 bits per heavy atom. The highest BCUT2D eigenvalue weighted by atomic mass is 16.5. The lowest BCUT2D eigenvalue weighted by Gasteiger charge is -2.28. The molecule has 2 amide bonds. The number of hydrogen-bond donors (Lipinski definition) is 0. The number of ether oxygens (including phenoxy) is 3. The molecule has 12 heteroatoms. The molecule has 0 aliphatic heterocycles. The van der Waals surface area contributed by atoms with E-state index in [4.69, 9.17) is 9.47 Å². The van der Waals surface area contributed by atoms with Crippen LogP contribution in [-0.4, -0.2) is 137 Å². The van der Waals surface area contributed by atoms with E-state index < -0.39 is 17.9 Å². The van der Waals surface area contributed by atoms with Crippen LogP contribution in [0, 0.1) is 0 Å². The van der Waals surface area contributed by atoms with Crippen molar-refractivity contribution in [1.82, 2.24) is 19.6 Å². The Morgan fingerprint density at radius 1 is 0.697 bits per heavy atom. The third-order valence-electron chi connectivity index (χ3n) is 4.94. The first-order valence-electron chi connectivity index (χ1n) is 10.8. The minimum Gasteiger partial charge on any atom is -0.468 e. The van der Waals surface area contributed by atoms with Gasteiger partial charge in [-0.05, 0) is 6.42 Å². The summed E-state index contributed by atoms with van der Waals surface area (Å²) >= 11 is 0. The highest BCUT2D eigenvalue weighted by molar-refractivity contribution is 5.79. The van der Waals surface area contributed by atoms with Gasteiger partial charge in [-0.3, -0.25) is 33.8 Å². The van der Waals surface area contributed by atoms with Gasteiger partial charge < -0.3 is 24.0 Å². The van der Waals surface area contributed by atoms with Gasteiger partial charge in [0.15, 0.2) is 0 Å². The maximum atomic E-state index is 12.5. The SMILES string of the molecule is CCCCN(C)C(=O)CN(CCN(CCN(C=O)CC(=O)OC)CC(=O)OC)CC(=O)OC. The van der Waals surface area contributed by atoms with Gasteiger partial charge in [0, 0.05) is 39.8 Å². The van der Waals surface area contributed by atoms with E-state index in [1.54, 1.807) is 21.7 Å². The second kappa shape index (κ2) is 17.8. The highest BCUT2D eigenvalue weighted by Crippen LogP contribution is 2.00. The maximum absolute atomic E-state index is 12.5. The van der Waals surface area contributed by atoms with Crippen LogP contribution < -0.4 is 0 Å². The van der Waals surface area contributed by atoms with E-state index in [1.165, 1.54) is 26.2 Å². The lowest BCUT2D eigenvalue weighted by atomic mass is 10.3. The van der Waals surface area contributed by atoms with Crippen molar-refractivity contribution >= 4 is 30.2 Å². The Labute approximate surface area is 195 Å². The zero-order chi connectivity index (χ0) is 25.2. The molecular formula is C21H38N4O8. The average molecular weight is 475 g/mol. The summed E-state index contributed by atoms with van der Waals surface area (Å²) in [5.74, 6) is -1.65. The molecule has 0 aromatic rings. The smallest absolute Gasteiger partial charge is 0.325 e. The Kier molecular flexibility index (Phi) is 16.3. The number of esters is 3. The first-order chi connectivity index (χ1) is 15.7. The lowest BCUT2D eigenvalue weighted by molar-refractivity contribution is -0.145. The molecule has 0 aromatic heterocycles. The second-order valence-corrected chi connectivity index (χ2v) is 7.46. The fourth-order valence-corrected chi connectivity index (χ4v) is 2.76. The maximum Gasteiger partial charge on any atom is 0.325 e. The fourth-order valence-electron chi connectivity index (χ4n) is 2.76. The molecule has 0 spiro atoms. The Balaban J connectivity index is 5.13. The van der Waals surface area contributed by atoms with Crippen LogP contribution >= 0.6 is 0 Å². The van der Waals surface area contributed by atoms with Gasteiger partial charge in [0.05, 0.1) is 41.0 Å². The molecule has 0 saturated carbocycles. The number of unbranched alkanes of at least 4 members (excludes halogenated alkanes) is 1. The number of hydrogen-bond acceptors (Lipinski definition) is 10. The van der Waals surface area contributed by atoms with Gasteiger partial charge in [-0.25, -0.2) is 0 Å². The van der Waals surface area contributed by atoms with E-state index >= 15 is 0 Å². The molecular weight excluding hydrogens is 436 g/mol. The quantitative estimate of drug-likeness (QED) is 0.136. The molecule has 0 radical (unpaired) electrons. The van der Waals surface area contributed by atoms with Gasteiger partial charge in [-0.2, -0.15) is 0 Å². The predicted octanol–water partition coefficient (Wildman–Crippen LogP) is -1.17. The molecule has 0 bridgehead atoms. The van der Waals surface area contributed by atoms with Gasteiger partial charge in [0.25, 0.3) is 0 Å². The largest absolute Gasteiger partial charge is 0.468 e. The molecule has 190 valence electrons. The van der Waals surface area contributed by atoms with Gasteiger partial charge >= 0.3 is 17.9 Å².